The van der Waals surface area contributed by atoms with E-state index in [1.54, 1.807) is 0 Å². The maximum atomic E-state index is 11.9. The Hall–Kier alpha value is -0.570. The van der Waals surface area contributed by atoms with Crippen LogP contribution in [0.4, 0.5) is 0 Å². The molecule has 2 unspecified atom stereocenters. The molecule has 96 valence electrons. The standard InChI is InChI=1S/C13H28N2O/c1-9(2)11(7-14)12(16)15-8-10(3)13(4,5)6/h9-11H,7-8,14H2,1-6H3,(H,15,16). The number of hydrogen-bond acceptors (Lipinski definition) is 2. The first-order valence-corrected chi connectivity index (χ1v) is 6.18. The Labute approximate surface area is 100 Å². The SMILES string of the molecule is CC(C)C(CN)C(=O)NCC(C)C(C)(C)C. The van der Waals surface area contributed by atoms with Crippen LogP contribution in [0.5, 0.6) is 0 Å². The van der Waals surface area contributed by atoms with Crippen molar-refractivity contribution >= 4 is 5.91 Å². The van der Waals surface area contributed by atoms with Crippen LogP contribution in [0.2, 0.25) is 0 Å². The third kappa shape index (κ3) is 4.97. The van der Waals surface area contributed by atoms with Gasteiger partial charge in [-0.1, -0.05) is 41.5 Å². The minimum Gasteiger partial charge on any atom is -0.356 e. The summed E-state index contributed by atoms with van der Waals surface area (Å²) in [6.07, 6.45) is 0. The molecule has 0 aliphatic heterocycles. The normalized spacial score (nSPS) is 16.0. The van der Waals surface area contributed by atoms with Crippen LogP contribution in [0.25, 0.3) is 0 Å². The molecule has 0 aliphatic carbocycles. The highest BCUT2D eigenvalue weighted by molar-refractivity contribution is 5.79. The van der Waals surface area contributed by atoms with Gasteiger partial charge in [-0.2, -0.15) is 0 Å². The van der Waals surface area contributed by atoms with E-state index in [1.165, 1.54) is 0 Å². The molecule has 3 nitrogen and oxygen atoms in total. The highest BCUT2D eigenvalue weighted by Crippen LogP contribution is 2.24. The largest absolute Gasteiger partial charge is 0.356 e. The molecule has 0 saturated heterocycles. The van der Waals surface area contributed by atoms with Gasteiger partial charge in [-0.15, -0.1) is 0 Å². The summed E-state index contributed by atoms with van der Waals surface area (Å²) in [5.41, 5.74) is 5.83. The molecule has 0 aromatic heterocycles. The second-order valence-electron chi connectivity index (χ2n) is 6.10. The minimum atomic E-state index is -0.0628. The topological polar surface area (TPSA) is 55.1 Å². The van der Waals surface area contributed by atoms with Gasteiger partial charge >= 0.3 is 0 Å². The van der Waals surface area contributed by atoms with Gasteiger partial charge in [0.2, 0.25) is 5.91 Å². The van der Waals surface area contributed by atoms with E-state index in [9.17, 15) is 4.79 Å². The van der Waals surface area contributed by atoms with Gasteiger partial charge in [0, 0.05) is 13.1 Å². The zero-order valence-corrected chi connectivity index (χ0v) is 11.6. The molecular weight excluding hydrogens is 200 g/mol. The van der Waals surface area contributed by atoms with Gasteiger partial charge in [0.05, 0.1) is 5.92 Å². The fourth-order valence-corrected chi connectivity index (χ4v) is 1.37. The Morgan fingerprint density at radius 1 is 1.25 bits per heavy atom. The van der Waals surface area contributed by atoms with E-state index < -0.39 is 0 Å². The van der Waals surface area contributed by atoms with E-state index in [0.29, 0.717) is 18.4 Å². The second kappa shape index (κ2) is 6.24. The Morgan fingerprint density at radius 2 is 1.75 bits per heavy atom. The van der Waals surface area contributed by atoms with E-state index in [-0.39, 0.29) is 17.2 Å². The lowest BCUT2D eigenvalue weighted by atomic mass is 9.82. The van der Waals surface area contributed by atoms with Crippen molar-refractivity contribution in [2.24, 2.45) is 28.9 Å². The van der Waals surface area contributed by atoms with Crippen molar-refractivity contribution in [3.05, 3.63) is 0 Å². The van der Waals surface area contributed by atoms with Crippen LogP contribution in [0.1, 0.15) is 41.5 Å². The van der Waals surface area contributed by atoms with E-state index in [4.69, 9.17) is 5.73 Å². The minimum absolute atomic E-state index is 0.0628. The molecule has 0 aliphatic rings. The molecule has 0 spiro atoms. The quantitative estimate of drug-likeness (QED) is 0.756. The number of hydrogen-bond donors (Lipinski definition) is 2. The fraction of sp³-hybridized carbons (Fsp3) is 0.923. The molecule has 0 heterocycles. The third-order valence-electron chi connectivity index (χ3n) is 3.46. The van der Waals surface area contributed by atoms with Crippen molar-refractivity contribution in [2.45, 2.75) is 41.5 Å². The van der Waals surface area contributed by atoms with Crippen LogP contribution >= 0.6 is 0 Å². The molecule has 0 rings (SSSR count). The number of carbonyl (C=O) groups is 1. The van der Waals surface area contributed by atoms with Gasteiger partial charge in [-0.3, -0.25) is 4.79 Å². The number of rotatable bonds is 5. The summed E-state index contributed by atoms with van der Waals surface area (Å²) in [7, 11) is 0. The maximum absolute atomic E-state index is 11.9. The summed E-state index contributed by atoms with van der Waals surface area (Å²) < 4.78 is 0. The van der Waals surface area contributed by atoms with Crippen molar-refractivity contribution in [1.82, 2.24) is 5.32 Å². The zero-order chi connectivity index (χ0) is 12.9. The second-order valence-corrected chi connectivity index (χ2v) is 6.10. The van der Waals surface area contributed by atoms with E-state index in [0.717, 1.165) is 6.54 Å². The lowest BCUT2D eigenvalue weighted by Gasteiger charge is -2.28. The van der Waals surface area contributed by atoms with E-state index in [1.807, 2.05) is 13.8 Å². The molecule has 16 heavy (non-hydrogen) atoms. The zero-order valence-electron chi connectivity index (χ0n) is 11.6. The summed E-state index contributed by atoms with van der Waals surface area (Å²) in [5, 5.41) is 3.00. The number of carbonyl (C=O) groups excluding carboxylic acids is 1. The predicted molar refractivity (Wildman–Crippen MR) is 69.0 cm³/mol. The number of nitrogens with one attached hydrogen (secondary N) is 1. The lowest BCUT2D eigenvalue weighted by molar-refractivity contribution is -0.126. The van der Waals surface area contributed by atoms with Gasteiger partial charge in [-0.05, 0) is 17.3 Å². The number of amides is 1. The molecule has 0 fully saturated rings. The van der Waals surface area contributed by atoms with Crippen molar-refractivity contribution in [3.8, 4) is 0 Å². The van der Waals surface area contributed by atoms with Crippen LogP contribution < -0.4 is 11.1 Å². The molecule has 1 amide bonds. The first kappa shape index (κ1) is 15.4. The monoisotopic (exact) mass is 228 g/mol. The Morgan fingerprint density at radius 3 is 2.06 bits per heavy atom. The van der Waals surface area contributed by atoms with Crippen LogP contribution in [-0.2, 0) is 4.79 Å². The summed E-state index contributed by atoms with van der Waals surface area (Å²) in [4.78, 5) is 11.9. The fourth-order valence-electron chi connectivity index (χ4n) is 1.37. The molecule has 0 aromatic rings. The van der Waals surface area contributed by atoms with Gasteiger partial charge in [0.25, 0.3) is 0 Å². The van der Waals surface area contributed by atoms with Crippen LogP contribution in [0, 0.1) is 23.2 Å². The summed E-state index contributed by atoms with van der Waals surface area (Å²) in [6, 6.07) is 0. The average Bonchev–Trinajstić information content (AvgIpc) is 2.12. The summed E-state index contributed by atoms with van der Waals surface area (Å²) >= 11 is 0. The summed E-state index contributed by atoms with van der Waals surface area (Å²) in [6.45, 7) is 13.9. The third-order valence-corrected chi connectivity index (χ3v) is 3.46. The van der Waals surface area contributed by atoms with Gasteiger partial charge in [0.15, 0.2) is 0 Å². The molecule has 2 atom stereocenters. The highest BCUT2D eigenvalue weighted by atomic mass is 16.1. The summed E-state index contributed by atoms with van der Waals surface area (Å²) in [5.74, 6) is 0.790. The average molecular weight is 228 g/mol. The first-order chi connectivity index (χ1) is 7.20. The van der Waals surface area contributed by atoms with Crippen molar-refractivity contribution in [3.63, 3.8) is 0 Å². The van der Waals surface area contributed by atoms with Crippen LogP contribution in [0.15, 0.2) is 0 Å². The molecule has 0 radical (unpaired) electrons. The Balaban J connectivity index is 4.16. The van der Waals surface area contributed by atoms with Gasteiger partial charge < -0.3 is 11.1 Å². The molecule has 0 saturated carbocycles. The van der Waals surface area contributed by atoms with Crippen molar-refractivity contribution < 1.29 is 4.79 Å². The highest BCUT2D eigenvalue weighted by Gasteiger charge is 2.24. The molecule has 3 N–H and O–H groups in total. The Kier molecular flexibility index (Phi) is 6.01. The predicted octanol–water partition coefficient (Wildman–Crippen LogP) is 2.02. The maximum Gasteiger partial charge on any atom is 0.224 e. The molecular formula is C13H28N2O. The van der Waals surface area contributed by atoms with Crippen molar-refractivity contribution in [1.29, 1.82) is 0 Å². The van der Waals surface area contributed by atoms with Crippen LogP contribution in [0.3, 0.4) is 0 Å². The molecule has 0 aromatic carbocycles. The first-order valence-electron chi connectivity index (χ1n) is 6.18. The van der Waals surface area contributed by atoms with E-state index in [2.05, 4.69) is 33.0 Å². The smallest absolute Gasteiger partial charge is 0.224 e. The molecule has 0 bridgehead atoms. The van der Waals surface area contributed by atoms with Crippen LogP contribution in [-0.4, -0.2) is 19.0 Å². The van der Waals surface area contributed by atoms with Gasteiger partial charge in [-0.25, -0.2) is 0 Å². The number of nitrogens with two attached hydrogens (primary N) is 1. The Bertz CT molecular complexity index is 218. The van der Waals surface area contributed by atoms with E-state index >= 15 is 0 Å². The van der Waals surface area contributed by atoms with Crippen molar-refractivity contribution in [2.75, 3.05) is 13.1 Å². The van der Waals surface area contributed by atoms with Gasteiger partial charge in [0.1, 0.15) is 0 Å². The molecule has 3 heteroatoms. The lowest BCUT2D eigenvalue weighted by Crippen LogP contribution is -2.41.